The van der Waals surface area contributed by atoms with Gasteiger partial charge in [-0.1, -0.05) is 20.8 Å². The second-order valence-electron chi connectivity index (χ2n) is 2.38. The van der Waals surface area contributed by atoms with Crippen molar-refractivity contribution >= 4 is 5.78 Å². The quantitative estimate of drug-likeness (QED) is 0.663. The number of allylic oxidation sites excluding steroid dienone is 2. The van der Waals surface area contributed by atoms with E-state index in [0.717, 1.165) is 6.42 Å². The predicted molar refractivity (Wildman–Crippen MR) is 52.3 cm³/mol. The van der Waals surface area contributed by atoms with Gasteiger partial charge in [-0.05, 0) is 13.0 Å². The molecule has 72 valence electrons. The number of carbonyl (C=O) groups excluding carboxylic acids is 1. The lowest BCUT2D eigenvalue weighted by Crippen LogP contribution is -1.88. The summed E-state index contributed by atoms with van der Waals surface area (Å²) in [5, 5.41) is 8.53. The van der Waals surface area contributed by atoms with Crippen molar-refractivity contribution in [2.75, 3.05) is 0 Å². The Morgan fingerprint density at radius 2 is 1.58 bits per heavy atom. The molecule has 0 aromatic heterocycles. The lowest BCUT2D eigenvalue weighted by molar-refractivity contribution is -0.118. The van der Waals surface area contributed by atoms with Gasteiger partial charge in [-0.3, -0.25) is 4.79 Å². The van der Waals surface area contributed by atoms with Gasteiger partial charge in [0.25, 0.3) is 0 Å². The monoisotopic (exact) mass is 172 g/mol. The Balaban J connectivity index is 0. The van der Waals surface area contributed by atoms with Crippen LogP contribution in [0.25, 0.3) is 0 Å². The number of Topliss-reactive ketones (excluding diaryl/α,β-unsaturated/α-hetero) is 1. The SMILES string of the molecule is C/C=C(\O)CC.CCC(=O)CC. The molecule has 0 bridgehead atoms. The first-order valence-electron chi connectivity index (χ1n) is 4.48. The Morgan fingerprint density at radius 3 is 1.58 bits per heavy atom. The largest absolute Gasteiger partial charge is 0.513 e. The van der Waals surface area contributed by atoms with Crippen molar-refractivity contribution in [1.82, 2.24) is 0 Å². The normalized spacial score (nSPS) is 10.2. The molecule has 0 aromatic rings. The van der Waals surface area contributed by atoms with Crippen molar-refractivity contribution in [2.24, 2.45) is 0 Å². The molecule has 12 heavy (non-hydrogen) atoms. The van der Waals surface area contributed by atoms with Crippen LogP contribution in [0.4, 0.5) is 0 Å². The lowest BCUT2D eigenvalue weighted by atomic mass is 10.3. The van der Waals surface area contributed by atoms with Crippen molar-refractivity contribution in [3.8, 4) is 0 Å². The third-order valence-electron chi connectivity index (χ3n) is 1.48. The summed E-state index contributed by atoms with van der Waals surface area (Å²) in [6.45, 7) is 7.49. The van der Waals surface area contributed by atoms with Gasteiger partial charge in [0, 0.05) is 19.3 Å². The van der Waals surface area contributed by atoms with E-state index in [1.807, 2.05) is 27.7 Å². The zero-order chi connectivity index (χ0) is 9.98. The fourth-order valence-electron chi connectivity index (χ4n) is 0.454. The summed E-state index contributed by atoms with van der Waals surface area (Å²) in [5.41, 5.74) is 0. The fourth-order valence-corrected chi connectivity index (χ4v) is 0.454. The number of hydrogen-bond acceptors (Lipinski definition) is 2. The van der Waals surface area contributed by atoms with E-state index in [2.05, 4.69) is 0 Å². The highest BCUT2D eigenvalue weighted by Crippen LogP contribution is 1.90. The molecule has 0 aliphatic carbocycles. The van der Waals surface area contributed by atoms with E-state index < -0.39 is 0 Å². The van der Waals surface area contributed by atoms with Crippen LogP contribution in [0.3, 0.4) is 0 Å². The van der Waals surface area contributed by atoms with E-state index in [1.165, 1.54) is 0 Å². The average Bonchev–Trinajstić information content (AvgIpc) is 2.16. The highest BCUT2D eigenvalue weighted by atomic mass is 16.3. The van der Waals surface area contributed by atoms with E-state index in [-0.39, 0.29) is 0 Å². The van der Waals surface area contributed by atoms with Crippen LogP contribution in [0.15, 0.2) is 11.8 Å². The summed E-state index contributed by atoms with van der Waals surface area (Å²) in [7, 11) is 0. The molecular weight excluding hydrogens is 152 g/mol. The zero-order valence-electron chi connectivity index (χ0n) is 8.55. The zero-order valence-corrected chi connectivity index (χ0v) is 8.55. The first-order chi connectivity index (χ1) is 5.62. The van der Waals surface area contributed by atoms with E-state index >= 15 is 0 Å². The molecule has 0 amide bonds. The smallest absolute Gasteiger partial charge is 0.132 e. The van der Waals surface area contributed by atoms with Crippen LogP contribution in [-0.4, -0.2) is 10.9 Å². The topological polar surface area (TPSA) is 37.3 Å². The van der Waals surface area contributed by atoms with Crippen LogP contribution >= 0.6 is 0 Å². The van der Waals surface area contributed by atoms with Gasteiger partial charge < -0.3 is 5.11 Å². The van der Waals surface area contributed by atoms with Crippen LogP contribution in [0.1, 0.15) is 47.0 Å². The van der Waals surface area contributed by atoms with Crippen molar-refractivity contribution < 1.29 is 9.90 Å². The molecule has 1 N–H and O–H groups in total. The Hall–Kier alpha value is -0.790. The minimum atomic E-state index is 0.343. The van der Waals surface area contributed by atoms with Gasteiger partial charge in [0.1, 0.15) is 5.78 Å². The molecule has 0 saturated heterocycles. The van der Waals surface area contributed by atoms with Crippen molar-refractivity contribution in [3.63, 3.8) is 0 Å². The maximum Gasteiger partial charge on any atom is 0.132 e. The van der Waals surface area contributed by atoms with Crippen LogP contribution in [0, 0.1) is 0 Å². The van der Waals surface area contributed by atoms with Crippen molar-refractivity contribution in [2.45, 2.75) is 47.0 Å². The maximum atomic E-state index is 10.2. The van der Waals surface area contributed by atoms with Gasteiger partial charge in [0.05, 0.1) is 5.76 Å². The number of carbonyl (C=O) groups is 1. The van der Waals surface area contributed by atoms with Gasteiger partial charge in [-0.2, -0.15) is 0 Å². The first-order valence-corrected chi connectivity index (χ1v) is 4.48. The van der Waals surface area contributed by atoms with E-state index in [1.54, 1.807) is 6.08 Å². The van der Waals surface area contributed by atoms with Crippen molar-refractivity contribution in [3.05, 3.63) is 11.8 Å². The summed E-state index contributed by atoms with van der Waals surface area (Å²) in [6.07, 6.45) is 3.82. The Kier molecular flexibility index (Phi) is 11.7. The molecule has 0 aromatic carbocycles. The van der Waals surface area contributed by atoms with Crippen molar-refractivity contribution in [1.29, 1.82) is 0 Å². The summed E-state index contributed by atoms with van der Waals surface area (Å²) >= 11 is 0. The molecule has 0 rings (SSSR count). The van der Waals surface area contributed by atoms with Crippen LogP contribution in [0.5, 0.6) is 0 Å². The third-order valence-corrected chi connectivity index (χ3v) is 1.48. The van der Waals surface area contributed by atoms with Crippen LogP contribution < -0.4 is 0 Å². The molecule has 0 heterocycles. The summed E-state index contributed by atoms with van der Waals surface area (Å²) in [5.74, 6) is 0.810. The molecule has 0 aliphatic rings. The summed E-state index contributed by atoms with van der Waals surface area (Å²) in [4.78, 5) is 10.2. The second-order valence-corrected chi connectivity index (χ2v) is 2.38. The van der Waals surface area contributed by atoms with Gasteiger partial charge in [-0.25, -0.2) is 0 Å². The molecule has 0 aliphatic heterocycles. The summed E-state index contributed by atoms with van der Waals surface area (Å²) < 4.78 is 0. The Labute approximate surface area is 75.3 Å². The number of aliphatic hydroxyl groups excluding tert-OH is 1. The standard InChI is InChI=1S/2C5H10O/c2*1-3-5(6)4-2/h3-4H2,1-2H3;3,6H,4H2,1-2H3/b;5-3-. The van der Waals surface area contributed by atoms with Crippen LogP contribution in [0.2, 0.25) is 0 Å². The minimum absolute atomic E-state index is 0.343. The average molecular weight is 172 g/mol. The van der Waals surface area contributed by atoms with Gasteiger partial charge in [0.2, 0.25) is 0 Å². The van der Waals surface area contributed by atoms with Gasteiger partial charge in [0.15, 0.2) is 0 Å². The molecule has 0 radical (unpaired) electrons. The number of rotatable bonds is 3. The first kappa shape index (κ1) is 13.8. The lowest BCUT2D eigenvalue weighted by Gasteiger charge is -1.84. The Morgan fingerprint density at radius 1 is 1.17 bits per heavy atom. The molecule has 0 unspecified atom stereocenters. The number of hydrogen-bond donors (Lipinski definition) is 1. The molecule has 0 atom stereocenters. The van der Waals surface area contributed by atoms with Gasteiger partial charge in [-0.15, -0.1) is 0 Å². The number of aliphatic hydroxyl groups is 1. The second kappa shape index (κ2) is 10.2. The highest BCUT2D eigenvalue weighted by Gasteiger charge is 1.86. The molecule has 0 saturated carbocycles. The van der Waals surface area contributed by atoms with E-state index in [0.29, 0.717) is 24.4 Å². The molecular formula is C10H20O2. The highest BCUT2D eigenvalue weighted by molar-refractivity contribution is 5.77. The predicted octanol–water partition coefficient (Wildman–Crippen LogP) is 3.23. The van der Waals surface area contributed by atoms with Crippen LogP contribution in [-0.2, 0) is 4.79 Å². The molecule has 0 spiro atoms. The minimum Gasteiger partial charge on any atom is -0.513 e. The Bertz CT molecular complexity index is 131. The molecule has 2 nitrogen and oxygen atoms in total. The number of ketones is 1. The maximum absolute atomic E-state index is 10.2. The molecule has 2 heteroatoms. The summed E-state index contributed by atoms with van der Waals surface area (Å²) in [6, 6.07) is 0. The fraction of sp³-hybridized carbons (Fsp3) is 0.700. The third kappa shape index (κ3) is 11.9. The molecule has 0 fully saturated rings. The van der Waals surface area contributed by atoms with Gasteiger partial charge >= 0.3 is 0 Å². The van der Waals surface area contributed by atoms with E-state index in [4.69, 9.17) is 5.11 Å². The van der Waals surface area contributed by atoms with E-state index in [9.17, 15) is 4.79 Å².